The van der Waals surface area contributed by atoms with Crippen molar-refractivity contribution in [2.45, 2.75) is 18.1 Å². The number of benzene rings is 1. The summed E-state index contributed by atoms with van der Waals surface area (Å²) in [5.41, 5.74) is 0.754. The van der Waals surface area contributed by atoms with Gasteiger partial charge in [-0.15, -0.1) is 0 Å². The van der Waals surface area contributed by atoms with Gasteiger partial charge in [-0.3, -0.25) is 9.59 Å². The molecule has 1 aliphatic rings. The SMILES string of the molecule is O=C1NCC(CCC(=O)c2ccccc2)S1. The number of carbonyl (C=O) groups is 2. The first kappa shape index (κ1) is 11.2. The van der Waals surface area contributed by atoms with E-state index in [2.05, 4.69) is 5.32 Å². The van der Waals surface area contributed by atoms with E-state index >= 15 is 0 Å². The van der Waals surface area contributed by atoms with Gasteiger partial charge >= 0.3 is 0 Å². The van der Waals surface area contributed by atoms with Crippen LogP contribution in [0.1, 0.15) is 23.2 Å². The van der Waals surface area contributed by atoms with Crippen LogP contribution < -0.4 is 5.32 Å². The van der Waals surface area contributed by atoms with E-state index in [-0.39, 0.29) is 16.3 Å². The maximum Gasteiger partial charge on any atom is 0.279 e. The van der Waals surface area contributed by atoms with Crippen LogP contribution in [0.4, 0.5) is 4.79 Å². The molecule has 1 N–H and O–H groups in total. The molecule has 0 radical (unpaired) electrons. The first-order chi connectivity index (χ1) is 7.75. The number of rotatable bonds is 4. The normalized spacial score (nSPS) is 19.5. The third-order valence-electron chi connectivity index (χ3n) is 2.54. The van der Waals surface area contributed by atoms with E-state index in [1.807, 2.05) is 30.3 Å². The van der Waals surface area contributed by atoms with Crippen LogP contribution in [-0.2, 0) is 0 Å². The molecule has 4 heteroatoms. The van der Waals surface area contributed by atoms with E-state index in [4.69, 9.17) is 0 Å². The topological polar surface area (TPSA) is 46.2 Å². The molecular weight excluding hydrogens is 222 g/mol. The molecule has 1 aromatic rings. The summed E-state index contributed by atoms with van der Waals surface area (Å²) < 4.78 is 0. The lowest BCUT2D eigenvalue weighted by atomic mass is 10.1. The number of Topliss-reactive ketones (excluding diaryl/α,β-unsaturated/α-hetero) is 1. The lowest BCUT2D eigenvalue weighted by Gasteiger charge is -2.05. The Balaban J connectivity index is 1.82. The van der Waals surface area contributed by atoms with Crippen LogP contribution in [0.15, 0.2) is 30.3 Å². The van der Waals surface area contributed by atoms with Crippen LogP contribution in [-0.4, -0.2) is 22.8 Å². The first-order valence-electron chi connectivity index (χ1n) is 5.28. The molecular formula is C12H13NO2S. The number of hydrogen-bond acceptors (Lipinski definition) is 3. The Kier molecular flexibility index (Phi) is 3.62. The second-order valence-electron chi connectivity index (χ2n) is 3.74. The summed E-state index contributed by atoms with van der Waals surface area (Å²) in [7, 11) is 0. The van der Waals surface area contributed by atoms with E-state index in [9.17, 15) is 9.59 Å². The molecule has 1 unspecified atom stereocenters. The van der Waals surface area contributed by atoms with Crippen molar-refractivity contribution in [3.05, 3.63) is 35.9 Å². The van der Waals surface area contributed by atoms with Gasteiger partial charge in [0, 0.05) is 23.8 Å². The van der Waals surface area contributed by atoms with Crippen LogP contribution in [0, 0.1) is 0 Å². The molecule has 2 rings (SSSR count). The molecule has 0 saturated carbocycles. The van der Waals surface area contributed by atoms with Crippen molar-refractivity contribution < 1.29 is 9.59 Å². The van der Waals surface area contributed by atoms with Crippen LogP contribution >= 0.6 is 11.8 Å². The molecule has 1 heterocycles. The summed E-state index contributed by atoms with van der Waals surface area (Å²) in [5.74, 6) is 0.153. The van der Waals surface area contributed by atoms with Gasteiger partial charge in [0.25, 0.3) is 5.24 Å². The zero-order valence-corrected chi connectivity index (χ0v) is 9.63. The maximum atomic E-state index is 11.8. The molecule has 1 aliphatic heterocycles. The van der Waals surface area contributed by atoms with E-state index in [0.29, 0.717) is 13.0 Å². The molecule has 1 fully saturated rings. The van der Waals surface area contributed by atoms with Gasteiger partial charge in [0.1, 0.15) is 0 Å². The van der Waals surface area contributed by atoms with E-state index in [0.717, 1.165) is 12.0 Å². The van der Waals surface area contributed by atoms with Gasteiger partial charge < -0.3 is 5.32 Å². The van der Waals surface area contributed by atoms with Gasteiger partial charge in [-0.2, -0.15) is 0 Å². The first-order valence-corrected chi connectivity index (χ1v) is 6.16. The van der Waals surface area contributed by atoms with Crippen molar-refractivity contribution in [3.8, 4) is 0 Å². The standard InChI is InChI=1S/C12H13NO2S/c14-11(9-4-2-1-3-5-9)7-6-10-8-13-12(15)16-10/h1-5,10H,6-8H2,(H,13,15). The van der Waals surface area contributed by atoms with Gasteiger partial charge in [-0.25, -0.2) is 0 Å². The fourth-order valence-electron chi connectivity index (χ4n) is 1.65. The zero-order valence-electron chi connectivity index (χ0n) is 8.81. The average molecular weight is 235 g/mol. The smallest absolute Gasteiger partial charge is 0.279 e. The Morgan fingerprint density at radius 2 is 2.12 bits per heavy atom. The second-order valence-corrected chi connectivity index (χ2v) is 5.01. The number of ketones is 1. The molecule has 1 aromatic carbocycles. The average Bonchev–Trinajstić information content (AvgIpc) is 2.73. The highest BCUT2D eigenvalue weighted by Crippen LogP contribution is 2.22. The Labute approximate surface area is 98.6 Å². The van der Waals surface area contributed by atoms with E-state index < -0.39 is 0 Å². The third-order valence-corrected chi connectivity index (χ3v) is 3.63. The van der Waals surface area contributed by atoms with Gasteiger partial charge in [0.05, 0.1) is 0 Å². The van der Waals surface area contributed by atoms with Crippen LogP contribution in [0.5, 0.6) is 0 Å². The highest BCUT2D eigenvalue weighted by molar-refractivity contribution is 8.14. The Hall–Kier alpha value is -1.29. The quantitative estimate of drug-likeness (QED) is 0.815. The minimum Gasteiger partial charge on any atom is -0.346 e. The van der Waals surface area contributed by atoms with Gasteiger partial charge in [0.15, 0.2) is 5.78 Å². The number of carbonyl (C=O) groups excluding carboxylic acids is 2. The molecule has 16 heavy (non-hydrogen) atoms. The van der Waals surface area contributed by atoms with Gasteiger partial charge in [-0.1, -0.05) is 42.1 Å². The Morgan fingerprint density at radius 3 is 2.75 bits per heavy atom. The molecule has 0 bridgehead atoms. The third kappa shape index (κ3) is 2.85. The Morgan fingerprint density at radius 1 is 1.38 bits per heavy atom. The molecule has 1 atom stereocenters. The summed E-state index contributed by atoms with van der Waals surface area (Å²) in [6.07, 6.45) is 1.27. The summed E-state index contributed by atoms with van der Waals surface area (Å²) in [6.45, 7) is 0.686. The predicted molar refractivity (Wildman–Crippen MR) is 64.8 cm³/mol. The van der Waals surface area contributed by atoms with E-state index in [1.54, 1.807) is 0 Å². The fraction of sp³-hybridized carbons (Fsp3) is 0.333. The number of hydrogen-bond donors (Lipinski definition) is 1. The maximum absolute atomic E-state index is 11.8. The molecule has 84 valence electrons. The minimum atomic E-state index is 0.0251. The second kappa shape index (κ2) is 5.16. The number of amides is 1. The molecule has 3 nitrogen and oxygen atoms in total. The Bertz CT molecular complexity index is 391. The summed E-state index contributed by atoms with van der Waals surface area (Å²) in [4.78, 5) is 22.7. The number of thioether (sulfide) groups is 1. The monoisotopic (exact) mass is 235 g/mol. The summed E-state index contributed by atoms with van der Waals surface area (Å²) >= 11 is 1.30. The van der Waals surface area contributed by atoms with Crippen molar-refractivity contribution in [1.82, 2.24) is 5.32 Å². The lowest BCUT2D eigenvalue weighted by molar-refractivity contribution is 0.0980. The van der Waals surface area contributed by atoms with Crippen molar-refractivity contribution in [3.63, 3.8) is 0 Å². The largest absolute Gasteiger partial charge is 0.346 e. The molecule has 0 aromatic heterocycles. The predicted octanol–water partition coefficient (Wildman–Crippen LogP) is 2.47. The van der Waals surface area contributed by atoms with E-state index in [1.165, 1.54) is 11.8 Å². The van der Waals surface area contributed by atoms with Crippen LogP contribution in [0.3, 0.4) is 0 Å². The zero-order chi connectivity index (χ0) is 11.4. The van der Waals surface area contributed by atoms with Gasteiger partial charge in [-0.05, 0) is 6.42 Å². The number of nitrogens with one attached hydrogen (secondary N) is 1. The van der Waals surface area contributed by atoms with Crippen molar-refractivity contribution in [1.29, 1.82) is 0 Å². The van der Waals surface area contributed by atoms with Crippen LogP contribution in [0.2, 0.25) is 0 Å². The van der Waals surface area contributed by atoms with Gasteiger partial charge in [0.2, 0.25) is 0 Å². The lowest BCUT2D eigenvalue weighted by Crippen LogP contribution is -2.15. The van der Waals surface area contributed by atoms with Crippen molar-refractivity contribution in [2.75, 3.05) is 6.54 Å². The van der Waals surface area contributed by atoms with Crippen molar-refractivity contribution >= 4 is 22.8 Å². The highest BCUT2D eigenvalue weighted by Gasteiger charge is 2.22. The molecule has 0 spiro atoms. The highest BCUT2D eigenvalue weighted by atomic mass is 32.2. The minimum absolute atomic E-state index is 0.0251. The fourth-order valence-corrected chi connectivity index (χ4v) is 2.53. The van der Waals surface area contributed by atoms with Crippen LogP contribution in [0.25, 0.3) is 0 Å². The molecule has 0 aliphatic carbocycles. The molecule has 1 amide bonds. The summed E-state index contributed by atoms with van der Waals surface area (Å²) in [6, 6.07) is 9.28. The summed E-state index contributed by atoms with van der Waals surface area (Å²) in [5, 5.41) is 3.02. The molecule has 1 saturated heterocycles. The van der Waals surface area contributed by atoms with Crippen molar-refractivity contribution in [2.24, 2.45) is 0 Å².